The normalized spacial score (nSPS) is 11.6. The number of aliphatic carboxylic acids is 1. The van der Waals surface area contributed by atoms with Gasteiger partial charge in [0.25, 0.3) is 11.9 Å². The van der Waals surface area contributed by atoms with E-state index in [2.05, 4.69) is 36.2 Å². The van der Waals surface area contributed by atoms with E-state index >= 15 is 0 Å². The van der Waals surface area contributed by atoms with Crippen molar-refractivity contribution in [2.45, 2.75) is 12.5 Å². The highest BCUT2D eigenvalue weighted by Gasteiger charge is 2.20. The molecule has 3 rings (SSSR count). The molecule has 4 N–H and O–H groups in total. The topological polar surface area (TPSA) is 146 Å². The monoisotopic (exact) mass is 421 g/mol. The average molecular weight is 422 g/mol. The van der Waals surface area contributed by atoms with Crippen molar-refractivity contribution in [2.24, 2.45) is 0 Å². The number of nitrogens with one attached hydrogen (secondary N) is 3. The number of hydrogen-bond donors (Lipinski definition) is 4. The lowest BCUT2D eigenvalue weighted by Crippen LogP contribution is -2.32. The van der Waals surface area contributed by atoms with Gasteiger partial charge in [-0.15, -0.1) is 5.10 Å². The first-order valence-corrected chi connectivity index (χ1v) is 8.61. The summed E-state index contributed by atoms with van der Waals surface area (Å²) in [5, 5.41) is 27.9. The summed E-state index contributed by atoms with van der Waals surface area (Å²) in [5.74, 6) is -1.46. The molecule has 0 aliphatic heterocycles. The number of amides is 1. The van der Waals surface area contributed by atoms with Gasteiger partial charge < -0.3 is 15.7 Å². The number of carbonyl (C=O) groups excluding carboxylic acids is 1. The molecule has 28 heavy (non-hydrogen) atoms. The zero-order chi connectivity index (χ0) is 20.1. The summed E-state index contributed by atoms with van der Waals surface area (Å²) >= 11 is 11.9. The van der Waals surface area contributed by atoms with Gasteiger partial charge in [-0.3, -0.25) is 9.78 Å². The van der Waals surface area contributed by atoms with E-state index in [-0.39, 0.29) is 28.0 Å². The summed E-state index contributed by atoms with van der Waals surface area (Å²) in [6, 6.07) is 5.72. The van der Waals surface area contributed by atoms with Gasteiger partial charge in [-0.05, 0) is 22.9 Å². The predicted molar refractivity (Wildman–Crippen MR) is 102 cm³/mol. The van der Waals surface area contributed by atoms with Crippen LogP contribution in [0.4, 0.5) is 11.6 Å². The summed E-state index contributed by atoms with van der Waals surface area (Å²) in [5.41, 5.74) is 1.34. The second-order valence-electron chi connectivity index (χ2n) is 5.60. The number of halogens is 2. The molecule has 0 fully saturated rings. The molecule has 1 atom stereocenters. The Morgan fingerprint density at radius 2 is 1.82 bits per heavy atom. The summed E-state index contributed by atoms with van der Waals surface area (Å²) in [7, 11) is 0. The Bertz CT molecular complexity index is 960. The van der Waals surface area contributed by atoms with Gasteiger partial charge >= 0.3 is 5.97 Å². The zero-order valence-corrected chi connectivity index (χ0v) is 15.6. The molecule has 0 saturated heterocycles. The van der Waals surface area contributed by atoms with Crippen LogP contribution in [-0.4, -0.2) is 48.6 Å². The van der Waals surface area contributed by atoms with Gasteiger partial charge in [-0.1, -0.05) is 40.4 Å². The van der Waals surface area contributed by atoms with E-state index in [1.165, 1.54) is 12.4 Å². The van der Waals surface area contributed by atoms with E-state index in [1.54, 1.807) is 24.3 Å². The highest BCUT2D eigenvalue weighted by atomic mass is 35.5. The third-order valence-corrected chi connectivity index (χ3v) is 4.25. The molecule has 1 amide bonds. The first-order chi connectivity index (χ1) is 13.4. The minimum absolute atomic E-state index is 0.0855. The van der Waals surface area contributed by atoms with Gasteiger partial charge in [0.2, 0.25) is 0 Å². The maximum absolute atomic E-state index is 12.4. The second kappa shape index (κ2) is 8.63. The number of pyridine rings is 1. The molecule has 0 aliphatic rings. The summed E-state index contributed by atoms with van der Waals surface area (Å²) in [4.78, 5) is 27.6. The second-order valence-corrected chi connectivity index (χ2v) is 6.42. The van der Waals surface area contributed by atoms with Gasteiger partial charge in [0, 0.05) is 24.5 Å². The number of benzene rings is 1. The summed E-state index contributed by atoms with van der Waals surface area (Å²) in [6.07, 6.45) is 2.82. The van der Waals surface area contributed by atoms with Crippen molar-refractivity contribution in [3.8, 4) is 0 Å². The van der Waals surface area contributed by atoms with Crippen LogP contribution in [0.25, 0.3) is 0 Å². The molecule has 3 aromatic rings. The Hall–Kier alpha value is -3.24. The van der Waals surface area contributed by atoms with Crippen molar-refractivity contribution in [1.29, 1.82) is 0 Å². The minimum Gasteiger partial charge on any atom is -0.480 e. The number of anilines is 2. The first-order valence-electron chi connectivity index (χ1n) is 7.86. The largest absolute Gasteiger partial charge is 0.480 e. The van der Waals surface area contributed by atoms with Crippen LogP contribution in [0.1, 0.15) is 15.9 Å². The van der Waals surface area contributed by atoms with Crippen molar-refractivity contribution < 1.29 is 14.7 Å². The number of rotatable bonds is 7. The quantitative estimate of drug-likeness (QED) is 0.454. The number of tetrazole rings is 1. The average Bonchev–Trinajstić information content (AvgIpc) is 3.15. The van der Waals surface area contributed by atoms with Crippen LogP contribution in [0.2, 0.25) is 10.0 Å². The van der Waals surface area contributed by atoms with Crippen LogP contribution in [0.15, 0.2) is 36.7 Å². The highest BCUT2D eigenvalue weighted by molar-refractivity contribution is 6.40. The van der Waals surface area contributed by atoms with Gasteiger partial charge in [0.05, 0.1) is 15.6 Å². The maximum Gasteiger partial charge on any atom is 0.326 e. The molecular weight excluding hydrogens is 409 g/mol. The molecular formula is C16H13Cl2N7O3. The standard InChI is InChI=1S/C16H13Cl2N7O3/c17-10-6-19-7-11(18)13(10)14(26)20-9-3-1-8(2-4-9)5-12(15(27)28)21-16-22-24-25-23-16/h1-4,6-7,12H,5H2,(H,20,26)(H,27,28)(H2,21,22,23,24,25)/t12-/m0/s1. The Kier molecular flexibility index (Phi) is 6.02. The van der Waals surface area contributed by atoms with Gasteiger partial charge in [-0.25, -0.2) is 4.79 Å². The third kappa shape index (κ3) is 4.72. The lowest BCUT2D eigenvalue weighted by Gasteiger charge is -2.13. The number of aromatic nitrogens is 5. The van der Waals surface area contributed by atoms with Crippen molar-refractivity contribution >= 4 is 46.7 Å². The highest BCUT2D eigenvalue weighted by Crippen LogP contribution is 2.24. The number of hydrogen-bond acceptors (Lipinski definition) is 7. The van der Waals surface area contributed by atoms with Crippen LogP contribution >= 0.6 is 23.2 Å². The van der Waals surface area contributed by atoms with E-state index in [4.69, 9.17) is 23.2 Å². The number of nitrogens with zero attached hydrogens (tertiary/aromatic N) is 4. The fourth-order valence-corrected chi connectivity index (χ4v) is 2.90. The Morgan fingerprint density at radius 1 is 1.14 bits per heavy atom. The third-order valence-electron chi connectivity index (χ3n) is 3.68. The van der Waals surface area contributed by atoms with E-state index in [9.17, 15) is 14.7 Å². The SMILES string of the molecule is O=C(Nc1ccc(C[C@H](Nc2nn[nH]n2)C(=O)O)cc1)c1c(Cl)cncc1Cl. The summed E-state index contributed by atoms with van der Waals surface area (Å²) < 4.78 is 0. The summed E-state index contributed by atoms with van der Waals surface area (Å²) in [6.45, 7) is 0. The molecule has 0 radical (unpaired) electrons. The molecule has 0 bridgehead atoms. The van der Waals surface area contributed by atoms with Crippen LogP contribution in [0.5, 0.6) is 0 Å². The number of carboxylic acid groups (broad SMARTS) is 1. The molecule has 10 nitrogen and oxygen atoms in total. The Morgan fingerprint density at radius 3 is 2.39 bits per heavy atom. The maximum atomic E-state index is 12.4. The lowest BCUT2D eigenvalue weighted by atomic mass is 10.1. The molecule has 0 spiro atoms. The Labute approximate surface area is 168 Å². The van der Waals surface area contributed by atoms with E-state index in [1.807, 2.05) is 0 Å². The van der Waals surface area contributed by atoms with E-state index in [0.717, 1.165) is 5.56 Å². The molecule has 2 heterocycles. The van der Waals surface area contributed by atoms with E-state index < -0.39 is 17.9 Å². The fourth-order valence-electron chi connectivity index (χ4n) is 2.36. The van der Waals surface area contributed by atoms with Crippen LogP contribution in [0, 0.1) is 0 Å². The molecule has 0 saturated carbocycles. The lowest BCUT2D eigenvalue weighted by molar-refractivity contribution is -0.137. The smallest absolute Gasteiger partial charge is 0.326 e. The van der Waals surface area contributed by atoms with Crippen molar-refractivity contribution in [3.05, 3.63) is 57.8 Å². The molecule has 0 aliphatic carbocycles. The fraction of sp³-hybridized carbons (Fsp3) is 0.125. The van der Waals surface area contributed by atoms with E-state index in [0.29, 0.717) is 5.69 Å². The van der Waals surface area contributed by atoms with Crippen LogP contribution in [-0.2, 0) is 11.2 Å². The van der Waals surface area contributed by atoms with Crippen molar-refractivity contribution in [1.82, 2.24) is 25.6 Å². The van der Waals surface area contributed by atoms with Crippen molar-refractivity contribution in [3.63, 3.8) is 0 Å². The Balaban J connectivity index is 1.67. The predicted octanol–water partition coefficient (Wildman–Crippen LogP) is 2.26. The molecule has 1 aromatic carbocycles. The number of aromatic amines is 1. The first kappa shape index (κ1) is 19.5. The number of carboxylic acids is 1. The number of carbonyl (C=O) groups is 2. The molecule has 0 unspecified atom stereocenters. The van der Waals surface area contributed by atoms with Gasteiger partial charge in [-0.2, -0.15) is 5.21 Å². The molecule has 2 aromatic heterocycles. The zero-order valence-electron chi connectivity index (χ0n) is 14.1. The van der Waals surface area contributed by atoms with Crippen LogP contribution in [0.3, 0.4) is 0 Å². The minimum atomic E-state index is -1.07. The van der Waals surface area contributed by atoms with Gasteiger partial charge in [0.15, 0.2) is 0 Å². The molecule has 144 valence electrons. The van der Waals surface area contributed by atoms with Crippen molar-refractivity contribution in [2.75, 3.05) is 10.6 Å². The van der Waals surface area contributed by atoms with Gasteiger partial charge in [0.1, 0.15) is 6.04 Å². The van der Waals surface area contributed by atoms with Crippen LogP contribution < -0.4 is 10.6 Å². The molecule has 12 heteroatoms. The number of H-pyrrole nitrogens is 1.